The first-order chi connectivity index (χ1) is 10.2. The molecule has 3 heteroatoms. The number of hydrogen-bond acceptors (Lipinski definition) is 2. The summed E-state index contributed by atoms with van der Waals surface area (Å²) in [6.45, 7) is 1.84. The largest absolute Gasteiger partial charge is 0.503 e. The summed E-state index contributed by atoms with van der Waals surface area (Å²) < 4.78 is 0. The van der Waals surface area contributed by atoms with Crippen LogP contribution in [0.1, 0.15) is 5.69 Å². The second kappa shape index (κ2) is 5.29. The van der Waals surface area contributed by atoms with Crippen LogP contribution in [0.3, 0.4) is 0 Å². The average molecular weight is 277 g/mol. The molecule has 2 aromatic carbocycles. The van der Waals surface area contributed by atoms with Gasteiger partial charge in [-0.15, -0.1) is 0 Å². The number of H-pyrrole nitrogens is 1. The van der Waals surface area contributed by atoms with E-state index in [4.69, 9.17) is 0 Å². The van der Waals surface area contributed by atoms with Gasteiger partial charge in [0.2, 0.25) is 0 Å². The molecule has 0 spiro atoms. The fraction of sp³-hybridized carbons (Fsp3) is 0.0556. The van der Waals surface area contributed by atoms with E-state index in [1.807, 2.05) is 67.6 Å². The lowest BCUT2D eigenvalue weighted by Crippen LogP contribution is -2.10. The summed E-state index contributed by atoms with van der Waals surface area (Å²) in [6.07, 6.45) is 0. The Labute approximate surface area is 122 Å². The molecule has 0 amide bonds. The Morgan fingerprint density at radius 1 is 0.810 bits per heavy atom. The van der Waals surface area contributed by atoms with Crippen molar-refractivity contribution in [1.82, 2.24) is 4.98 Å². The molecule has 0 bridgehead atoms. The van der Waals surface area contributed by atoms with E-state index in [0.29, 0.717) is 5.56 Å². The van der Waals surface area contributed by atoms with Gasteiger partial charge in [0.05, 0.1) is 0 Å². The molecule has 0 saturated carbocycles. The van der Waals surface area contributed by atoms with Crippen LogP contribution in [0.4, 0.5) is 0 Å². The number of nitrogens with one attached hydrogen (secondary N) is 1. The highest BCUT2D eigenvalue weighted by Crippen LogP contribution is 2.37. The summed E-state index contributed by atoms with van der Waals surface area (Å²) in [4.78, 5) is 14.6. The predicted octanol–water partition coefficient (Wildman–Crippen LogP) is 3.72. The molecule has 0 unspecified atom stereocenters. The van der Waals surface area contributed by atoms with Gasteiger partial charge in [-0.3, -0.25) is 4.79 Å². The zero-order chi connectivity index (χ0) is 14.8. The second-order valence-electron chi connectivity index (χ2n) is 4.91. The van der Waals surface area contributed by atoms with Gasteiger partial charge in [-0.1, -0.05) is 60.7 Å². The van der Waals surface area contributed by atoms with Gasteiger partial charge in [0.15, 0.2) is 5.75 Å². The zero-order valence-corrected chi connectivity index (χ0v) is 11.6. The molecule has 1 heterocycles. The lowest BCUT2D eigenvalue weighted by atomic mass is 9.93. The molecule has 0 fully saturated rings. The van der Waals surface area contributed by atoms with Crippen molar-refractivity contribution in [2.75, 3.05) is 0 Å². The molecule has 0 aliphatic heterocycles. The van der Waals surface area contributed by atoms with E-state index in [9.17, 15) is 9.90 Å². The average Bonchev–Trinajstić information content (AvgIpc) is 2.52. The highest BCUT2D eigenvalue weighted by atomic mass is 16.3. The van der Waals surface area contributed by atoms with Gasteiger partial charge < -0.3 is 10.1 Å². The molecule has 3 aromatic rings. The van der Waals surface area contributed by atoms with Crippen molar-refractivity contribution in [1.29, 1.82) is 0 Å². The first kappa shape index (κ1) is 13.2. The van der Waals surface area contributed by atoms with Crippen molar-refractivity contribution in [2.24, 2.45) is 0 Å². The summed E-state index contributed by atoms with van der Waals surface area (Å²) in [5, 5.41) is 10.3. The first-order valence-corrected chi connectivity index (χ1v) is 6.75. The number of aromatic nitrogens is 1. The SMILES string of the molecule is Cc1[nH]c(=O)c(O)c(-c2ccccc2)c1-c1ccccc1. The van der Waals surface area contributed by atoms with E-state index < -0.39 is 5.56 Å². The fourth-order valence-corrected chi connectivity index (χ4v) is 2.56. The third kappa shape index (κ3) is 2.34. The van der Waals surface area contributed by atoms with Crippen molar-refractivity contribution >= 4 is 0 Å². The molecule has 104 valence electrons. The minimum absolute atomic E-state index is 0.245. The van der Waals surface area contributed by atoms with E-state index in [0.717, 1.165) is 22.4 Å². The van der Waals surface area contributed by atoms with E-state index in [1.54, 1.807) is 0 Å². The van der Waals surface area contributed by atoms with Crippen LogP contribution in [0, 0.1) is 6.92 Å². The van der Waals surface area contributed by atoms with E-state index >= 15 is 0 Å². The highest BCUT2D eigenvalue weighted by Gasteiger charge is 2.17. The Morgan fingerprint density at radius 2 is 1.29 bits per heavy atom. The van der Waals surface area contributed by atoms with Crippen molar-refractivity contribution in [3.8, 4) is 28.0 Å². The van der Waals surface area contributed by atoms with Crippen molar-refractivity contribution in [2.45, 2.75) is 6.92 Å². The molecule has 3 nitrogen and oxygen atoms in total. The van der Waals surface area contributed by atoms with Crippen LogP contribution < -0.4 is 5.56 Å². The van der Waals surface area contributed by atoms with Crippen LogP contribution in [-0.4, -0.2) is 10.1 Å². The third-order valence-corrected chi connectivity index (χ3v) is 3.50. The second-order valence-corrected chi connectivity index (χ2v) is 4.91. The standard InChI is InChI=1S/C18H15NO2/c1-12-15(13-8-4-2-5-9-13)16(17(20)18(21)19-12)14-10-6-3-7-11-14/h2-11,20H,1H3,(H,19,21). The molecular weight excluding hydrogens is 262 g/mol. The molecule has 2 N–H and O–H groups in total. The summed E-state index contributed by atoms with van der Waals surface area (Å²) in [6, 6.07) is 19.2. The third-order valence-electron chi connectivity index (χ3n) is 3.50. The zero-order valence-electron chi connectivity index (χ0n) is 11.6. The number of aromatic hydroxyl groups is 1. The summed E-state index contributed by atoms with van der Waals surface area (Å²) >= 11 is 0. The normalized spacial score (nSPS) is 10.5. The lowest BCUT2D eigenvalue weighted by molar-refractivity contribution is 0.468. The van der Waals surface area contributed by atoms with Gasteiger partial charge in [-0.05, 0) is 18.1 Å². The topological polar surface area (TPSA) is 53.1 Å². The quantitative estimate of drug-likeness (QED) is 0.750. The predicted molar refractivity (Wildman–Crippen MR) is 84.3 cm³/mol. The number of pyridine rings is 1. The van der Waals surface area contributed by atoms with Gasteiger partial charge >= 0.3 is 0 Å². The van der Waals surface area contributed by atoms with Crippen molar-refractivity contribution in [3.05, 3.63) is 76.7 Å². The molecule has 0 aliphatic rings. The van der Waals surface area contributed by atoms with Crippen molar-refractivity contribution < 1.29 is 5.11 Å². The Bertz CT molecular complexity index is 821. The number of rotatable bonds is 2. The summed E-state index contributed by atoms with van der Waals surface area (Å²) in [5.74, 6) is -0.245. The van der Waals surface area contributed by atoms with E-state index in [-0.39, 0.29) is 5.75 Å². The molecule has 3 rings (SSSR count). The summed E-state index contributed by atoms with van der Waals surface area (Å²) in [7, 11) is 0. The van der Waals surface area contributed by atoms with Crippen LogP contribution in [-0.2, 0) is 0 Å². The Hall–Kier alpha value is -2.81. The van der Waals surface area contributed by atoms with Gasteiger partial charge in [0, 0.05) is 16.8 Å². The van der Waals surface area contributed by atoms with E-state index in [2.05, 4.69) is 4.98 Å². The van der Waals surface area contributed by atoms with Crippen LogP contribution in [0.5, 0.6) is 5.75 Å². The molecule has 0 atom stereocenters. The first-order valence-electron chi connectivity index (χ1n) is 6.75. The van der Waals surface area contributed by atoms with Gasteiger partial charge in [-0.2, -0.15) is 0 Å². The highest BCUT2D eigenvalue weighted by molar-refractivity contribution is 5.88. The number of hydrogen-bond donors (Lipinski definition) is 2. The molecule has 0 aliphatic carbocycles. The molecule has 0 saturated heterocycles. The summed E-state index contributed by atoms with van der Waals surface area (Å²) in [5.41, 5.74) is 3.47. The maximum atomic E-state index is 11.9. The Kier molecular flexibility index (Phi) is 3.32. The van der Waals surface area contributed by atoms with Gasteiger partial charge in [-0.25, -0.2) is 0 Å². The molecule has 0 radical (unpaired) electrons. The minimum Gasteiger partial charge on any atom is -0.503 e. The van der Waals surface area contributed by atoms with Crippen LogP contribution >= 0.6 is 0 Å². The number of benzene rings is 2. The lowest BCUT2D eigenvalue weighted by Gasteiger charge is -2.14. The maximum absolute atomic E-state index is 11.9. The van der Waals surface area contributed by atoms with Crippen LogP contribution in [0.15, 0.2) is 65.5 Å². The van der Waals surface area contributed by atoms with Gasteiger partial charge in [0.1, 0.15) is 0 Å². The Morgan fingerprint density at radius 3 is 1.81 bits per heavy atom. The van der Waals surface area contributed by atoms with Crippen LogP contribution in [0.25, 0.3) is 22.3 Å². The Balaban J connectivity index is 2.39. The van der Waals surface area contributed by atoms with Crippen LogP contribution in [0.2, 0.25) is 0 Å². The molecule has 1 aromatic heterocycles. The van der Waals surface area contributed by atoms with E-state index in [1.165, 1.54) is 0 Å². The number of aromatic amines is 1. The number of aryl methyl sites for hydroxylation is 1. The fourth-order valence-electron chi connectivity index (χ4n) is 2.56. The smallest absolute Gasteiger partial charge is 0.290 e. The monoisotopic (exact) mass is 277 g/mol. The van der Waals surface area contributed by atoms with Gasteiger partial charge in [0.25, 0.3) is 5.56 Å². The maximum Gasteiger partial charge on any atom is 0.290 e. The molecular formula is C18H15NO2. The molecule has 21 heavy (non-hydrogen) atoms. The minimum atomic E-state index is -0.467. The van der Waals surface area contributed by atoms with Crippen molar-refractivity contribution in [3.63, 3.8) is 0 Å².